The Hall–Kier alpha value is -3.82. The maximum Gasteiger partial charge on any atom is 0.264 e. The Morgan fingerprint density at radius 3 is 1.69 bits per heavy atom. The number of benzene rings is 3. The van der Waals surface area contributed by atoms with Crippen LogP contribution in [0.2, 0.25) is 0 Å². The fraction of sp³-hybridized carbons (Fsp3) is 0.222. The maximum atomic E-state index is 12.6. The Balaban J connectivity index is 1.46. The molecular weight excluding hydrogens is 484 g/mol. The van der Waals surface area contributed by atoms with Gasteiger partial charge in [0.1, 0.15) is 23.9 Å². The van der Waals surface area contributed by atoms with E-state index in [1.54, 1.807) is 24.3 Å². The van der Waals surface area contributed by atoms with E-state index < -0.39 is 21.7 Å². The summed E-state index contributed by atoms with van der Waals surface area (Å²) in [6.07, 6.45) is 0.963. The van der Waals surface area contributed by atoms with Gasteiger partial charge in [-0.25, -0.2) is 0 Å². The normalized spacial score (nSPS) is 11.0. The van der Waals surface area contributed by atoms with E-state index in [0.29, 0.717) is 18.1 Å². The third kappa shape index (κ3) is 8.75. The quantitative estimate of drug-likeness (QED) is 0.181. The second-order valence-electron chi connectivity index (χ2n) is 7.89. The number of hydrogen-bond acceptors (Lipinski definition) is 8. The molecule has 0 N–H and O–H groups in total. The largest absolute Gasteiger partial charge is 0.493 e. The highest BCUT2D eigenvalue weighted by atomic mass is 32.2. The number of carbonyl (C=O) groups excluding carboxylic acids is 3. The average Bonchev–Trinajstić information content (AvgIpc) is 2.87. The van der Waals surface area contributed by atoms with Crippen LogP contribution in [0.15, 0.2) is 78.9 Å². The molecular formula is C27H26O8S. The van der Waals surface area contributed by atoms with Gasteiger partial charge >= 0.3 is 0 Å². The Bertz CT molecular complexity index is 1280. The molecule has 0 saturated heterocycles. The van der Waals surface area contributed by atoms with E-state index in [0.717, 1.165) is 11.8 Å². The molecule has 0 unspecified atom stereocenters. The predicted octanol–water partition coefficient (Wildman–Crippen LogP) is 4.04. The van der Waals surface area contributed by atoms with Crippen LogP contribution in [0.4, 0.5) is 0 Å². The van der Waals surface area contributed by atoms with Crippen molar-refractivity contribution in [2.24, 2.45) is 0 Å². The van der Waals surface area contributed by atoms with Crippen LogP contribution in [0.25, 0.3) is 0 Å². The van der Waals surface area contributed by atoms with Gasteiger partial charge in [-0.05, 0) is 54.1 Å². The van der Waals surface area contributed by atoms with Crippen LogP contribution in [0.3, 0.4) is 0 Å². The highest BCUT2D eigenvalue weighted by molar-refractivity contribution is 7.85. The first-order valence-electron chi connectivity index (χ1n) is 11.2. The zero-order valence-electron chi connectivity index (χ0n) is 19.7. The molecule has 0 aliphatic carbocycles. The van der Waals surface area contributed by atoms with Gasteiger partial charge in [0, 0.05) is 24.0 Å². The third-order valence-electron chi connectivity index (χ3n) is 5.02. The van der Waals surface area contributed by atoms with Crippen LogP contribution in [-0.4, -0.2) is 45.2 Å². The number of ketones is 3. The molecule has 3 aromatic rings. The number of carbonyl (C=O) groups is 3. The first kappa shape index (κ1) is 26.8. The third-order valence-corrected chi connectivity index (χ3v) is 5.61. The number of ether oxygens (including phenoxy) is 2. The maximum absolute atomic E-state index is 12.6. The number of hydrogen-bond donors (Lipinski definition) is 0. The SMILES string of the molecule is CS(=O)(=O)OCCC(=O)CCOc1ccc(C(=O)C(=O)c2ccc(OCc3ccccc3)cc2)cc1. The molecule has 0 bridgehead atoms. The lowest BCUT2D eigenvalue weighted by Gasteiger charge is -2.08. The van der Waals surface area contributed by atoms with Crippen LogP contribution < -0.4 is 9.47 Å². The van der Waals surface area contributed by atoms with Gasteiger partial charge in [-0.2, -0.15) is 8.42 Å². The van der Waals surface area contributed by atoms with Gasteiger partial charge in [0.05, 0.1) is 19.5 Å². The topological polar surface area (TPSA) is 113 Å². The van der Waals surface area contributed by atoms with Crippen LogP contribution in [0.5, 0.6) is 11.5 Å². The van der Waals surface area contributed by atoms with E-state index in [2.05, 4.69) is 4.18 Å². The Morgan fingerprint density at radius 2 is 1.17 bits per heavy atom. The summed E-state index contributed by atoms with van der Waals surface area (Å²) in [5, 5.41) is 0. The van der Waals surface area contributed by atoms with Gasteiger partial charge in [-0.3, -0.25) is 18.6 Å². The fourth-order valence-electron chi connectivity index (χ4n) is 3.12. The summed E-state index contributed by atoms with van der Waals surface area (Å²) in [7, 11) is -3.57. The van der Waals surface area contributed by atoms with Crippen molar-refractivity contribution in [3.05, 3.63) is 95.6 Å². The summed E-state index contributed by atoms with van der Waals surface area (Å²) in [6, 6.07) is 22.1. The van der Waals surface area contributed by atoms with Crippen molar-refractivity contribution in [3.8, 4) is 11.5 Å². The first-order chi connectivity index (χ1) is 17.2. The van der Waals surface area contributed by atoms with Crippen LogP contribution in [0.1, 0.15) is 39.1 Å². The van der Waals surface area contributed by atoms with Crippen molar-refractivity contribution in [1.82, 2.24) is 0 Å². The van der Waals surface area contributed by atoms with Crippen LogP contribution >= 0.6 is 0 Å². The molecule has 3 rings (SSSR count). The molecule has 36 heavy (non-hydrogen) atoms. The van der Waals surface area contributed by atoms with Crippen molar-refractivity contribution >= 4 is 27.5 Å². The van der Waals surface area contributed by atoms with Gasteiger partial charge < -0.3 is 9.47 Å². The van der Waals surface area contributed by atoms with Crippen molar-refractivity contribution < 1.29 is 36.5 Å². The molecule has 0 fully saturated rings. The minimum Gasteiger partial charge on any atom is -0.493 e. The summed E-state index contributed by atoms with van der Waals surface area (Å²) in [6.45, 7) is 0.280. The van der Waals surface area contributed by atoms with E-state index in [1.807, 2.05) is 30.3 Å². The van der Waals surface area contributed by atoms with Crippen molar-refractivity contribution in [1.29, 1.82) is 0 Å². The van der Waals surface area contributed by atoms with Gasteiger partial charge in [-0.1, -0.05) is 30.3 Å². The van der Waals surface area contributed by atoms with Gasteiger partial charge in [0.2, 0.25) is 11.6 Å². The molecule has 8 nitrogen and oxygen atoms in total. The lowest BCUT2D eigenvalue weighted by molar-refractivity contribution is -0.120. The molecule has 0 saturated carbocycles. The zero-order chi connectivity index (χ0) is 26.0. The average molecular weight is 511 g/mol. The predicted molar refractivity (Wildman–Crippen MR) is 133 cm³/mol. The summed E-state index contributed by atoms with van der Waals surface area (Å²) >= 11 is 0. The fourth-order valence-corrected chi connectivity index (χ4v) is 3.51. The van der Waals surface area contributed by atoms with Gasteiger partial charge in [0.15, 0.2) is 0 Å². The molecule has 188 valence electrons. The highest BCUT2D eigenvalue weighted by Gasteiger charge is 2.18. The molecule has 3 aromatic carbocycles. The number of rotatable bonds is 14. The Labute approximate surface area is 209 Å². The summed E-state index contributed by atoms with van der Waals surface area (Å²) in [5.74, 6) is -0.474. The first-order valence-corrected chi connectivity index (χ1v) is 13.0. The lowest BCUT2D eigenvalue weighted by Crippen LogP contribution is -2.14. The molecule has 0 aromatic heterocycles. The lowest BCUT2D eigenvalue weighted by atomic mass is 10.0. The van der Waals surface area contributed by atoms with E-state index >= 15 is 0 Å². The second kappa shape index (κ2) is 12.8. The molecule has 0 aliphatic heterocycles. The van der Waals surface area contributed by atoms with E-state index in [-0.39, 0.29) is 43.0 Å². The molecule has 9 heteroatoms. The molecule has 0 atom stereocenters. The monoisotopic (exact) mass is 510 g/mol. The number of Topliss-reactive ketones (excluding diaryl/α,β-unsaturated/α-hetero) is 3. The zero-order valence-corrected chi connectivity index (χ0v) is 20.5. The van der Waals surface area contributed by atoms with Crippen LogP contribution in [0, 0.1) is 0 Å². The van der Waals surface area contributed by atoms with Gasteiger partial charge in [0.25, 0.3) is 10.1 Å². The molecule has 0 radical (unpaired) electrons. The molecule has 0 aliphatic rings. The Morgan fingerprint density at radius 1 is 0.667 bits per heavy atom. The van der Waals surface area contributed by atoms with Crippen molar-refractivity contribution in [3.63, 3.8) is 0 Å². The van der Waals surface area contributed by atoms with Crippen LogP contribution in [-0.2, 0) is 25.7 Å². The second-order valence-corrected chi connectivity index (χ2v) is 9.54. The molecule has 0 spiro atoms. The van der Waals surface area contributed by atoms with Gasteiger partial charge in [-0.15, -0.1) is 0 Å². The molecule has 0 heterocycles. The van der Waals surface area contributed by atoms with E-state index in [9.17, 15) is 22.8 Å². The molecule has 0 amide bonds. The smallest absolute Gasteiger partial charge is 0.264 e. The summed E-state index contributed by atoms with van der Waals surface area (Å²) in [5.41, 5.74) is 1.49. The van der Waals surface area contributed by atoms with Crippen molar-refractivity contribution in [2.75, 3.05) is 19.5 Å². The Kier molecular flexibility index (Phi) is 9.49. The summed E-state index contributed by atoms with van der Waals surface area (Å²) < 4.78 is 37.5. The van der Waals surface area contributed by atoms with E-state index in [4.69, 9.17) is 9.47 Å². The highest BCUT2D eigenvalue weighted by Crippen LogP contribution is 2.18. The summed E-state index contributed by atoms with van der Waals surface area (Å²) in [4.78, 5) is 37.0. The minimum absolute atomic E-state index is 0.0356. The standard InChI is InChI=1S/C27H26O8S/c1-36(31,32)35-18-16-23(28)15-17-33-24-11-7-21(8-12-24)26(29)27(30)22-9-13-25(14-10-22)34-19-20-5-3-2-4-6-20/h2-14H,15-19H2,1H3. The van der Waals surface area contributed by atoms with Crippen molar-refractivity contribution in [2.45, 2.75) is 19.4 Å². The van der Waals surface area contributed by atoms with E-state index in [1.165, 1.54) is 24.3 Å². The minimum atomic E-state index is -3.57.